The summed E-state index contributed by atoms with van der Waals surface area (Å²) >= 11 is 0. The van der Waals surface area contributed by atoms with Gasteiger partial charge < -0.3 is 19.3 Å². The van der Waals surface area contributed by atoms with E-state index < -0.39 is 0 Å². The molecule has 0 spiro atoms. The van der Waals surface area contributed by atoms with Crippen LogP contribution in [0.25, 0.3) is 10.9 Å². The number of hydrogen-bond donors (Lipinski definition) is 2. The zero-order valence-corrected chi connectivity index (χ0v) is 15.5. The van der Waals surface area contributed by atoms with Gasteiger partial charge in [0.1, 0.15) is 18.3 Å². The maximum absolute atomic E-state index is 9.51. The molecule has 0 radical (unpaired) electrons. The number of piperidine rings is 1. The van der Waals surface area contributed by atoms with Crippen LogP contribution in [0.5, 0.6) is 5.75 Å². The first kappa shape index (κ1) is 16.7. The number of aromatic nitrogens is 1. The molecule has 2 aliphatic rings. The first-order valence-electron chi connectivity index (χ1n) is 9.39. The Morgan fingerprint density at radius 2 is 2.24 bits per heavy atom. The van der Waals surface area contributed by atoms with Crippen molar-refractivity contribution in [3.8, 4) is 5.75 Å². The van der Waals surface area contributed by atoms with Gasteiger partial charge in [0, 0.05) is 30.4 Å². The molecule has 1 aromatic heterocycles. The van der Waals surface area contributed by atoms with Gasteiger partial charge in [-0.2, -0.15) is 0 Å². The molecule has 4 rings (SSSR count). The van der Waals surface area contributed by atoms with E-state index >= 15 is 0 Å². The summed E-state index contributed by atoms with van der Waals surface area (Å²) in [6.07, 6.45) is 5.35. The van der Waals surface area contributed by atoms with Crippen LogP contribution in [0.1, 0.15) is 37.1 Å². The van der Waals surface area contributed by atoms with Gasteiger partial charge in [-0.25, -0.2) is 0 Å². The van der Waals surface area contributed by atoms with Crippen LogP contribution in [0.3, 0.4) is 0 Å². The first-order valence-corrected chi connectivity index (χ1v) is 9.39. The lowest BCUT2D eigenvalue weighted by Crippen LogP contribution is -2.56. The number of benzene rings is 1. The number of allylic oxidation sites excluding steroid dienone is 1. The van der Waals surface area contributed by atoms with E-state index in [9.17, 15) is 5.11 Å². The molecule has 3 atom stereocenters. The quantitative estimate of drug-likeness (QED) is 0.662. The second-order valence-electron chi connectivity index (χ2n) is 7.84. The summed E-state index contributed by atoms with van der Waals surface area (Å²) in [4.78, 5) is 3.73. The van der Waals surface area contributed by atoms with E-state index in [4.69, 9.17) is 4.74 Å². The van der Waals surface area contributed by atoms with E-state index in [1.165, 1.54) is 27.7 Å². The number of quaternary nitrogens is 1. The van der Waals surface area contributed by atoms with Gasteiger partial charge in [0.25, 0.3) is 0 Å². The fraction of sp³-hybridized carbons (Fsp3) is 0.524. The number of ether oxygens (including phenoxy) is 1. The minimum absolute atomic E-state index is 0.270. The van der Waals surface area contributed by atoms with Gasteiger partial charge in [0.15, 0.2) is 0 Å². The fourth-order valence-corrected chi connectivity index (χ4v) is 5.17. The molecule has 0 bridgehead atoms. The number of methoxy groups -OCH3 is 1. The number of aliphatic hydroxyl groups excluding tert-OH is 1. The highest BCUT2D eigenvalue weighted by Crippen LogP contribution is 2.48. The molecule has 2 aromatic rings. The molecule has 134 valence electrons. The van der Waals surface area contributed by atoms with Crippen molar-refractivity contribution in [1.29, 1.82) is 0 Å². The van der Waals surface area contributed by atoms with E-state index in [2.05, 4.69) is 43.2 Å². The molecule has 1 fully saturated rings. The van der Waals surface area contributed by atoms with E-state index in [1.54, 1.807) is 7.11 Å². The Morgan fingerprint density at radius 3 is 2.96 bits per heavy atom. The van der Waals surface area contributed by atoms with Gasteiger partial charge in [0.05, 0.1) is 26.4 Å². The van der Waals surface area contributed by atoms with Crippen molar-refractivity contribution < 1.29 is 14.3 Å². The highest BCUT2D eigenvalue weighted by Gasteiger charge is 2.47. The van der Waals surface area contributed by atoms with Crippen LogP contribution in [0.4, 0.5) is 0 Å². The Kier molecular flexibility index (Phi) is 4.13. The largest absolute Gasteiger partial charge is 0.496 e. The minimum atomic E-state index is 0.270. The van der Waals surface area contributed by atoms with Crippen molar-refractivity contribution in [2.24, 2.45) is 5.92 Å². The van der Waals surface area contributed by atoms with Gasteiger partial charge in [-0.15, -0.1) is 0 Å². The maximum Gasteiger partial charge on any atom is 0.131 e. The van der Waals surface area contributed by atoms with Gasteiger partial charge in [-0.1, -0.05) is 12.1 Å². The average molecular weight is 341 g/mol. The molecule has 0 saturated carbocycles. The van der Waals surface area contributed by atoms with Crippen molar-refractivity contribution in [3.05, 3.63) is 41.1 Å². The molecule has 0 aliphatic carbocycles. The van der Waals surface area contributed by atoms with Crippen LogP contribution in [0, 0.1) is 5.92 Å². The molecule has 25 heavy (non-hydrogen) atoms. The molecule has 4 heteroatoms. The summed E-state index contributed by atoms with van der Waals surface area (Å²) in [5.74, 6) is 1.47. The summed E-state index contributed by atoms with van der Waals surface area (Å²) in [6.45, 7) is 4.67. The Balaban J connectivity index is 1.82. The van der Waals surface area contributed by atoms with E-state index in [0.29, 0.717) is 12.0 Å². The Hall–Kier alpha value is -1.78. The summed E-state index contributed by atoms with van der Waals surface area (Å²) in [5, 5.41) is 10.8. The molecule has 4 nitrogen and oxygen atoms in total. The Morgan fingerprint density at radius 1 is 1.40 bits per heavy atom. The van der Waals surface area contributed by atoms with Crippen LogP contribution >= 0.6 is 0 Å². The van der Waals surface area contributed by atoms with Gasteiger partial charge in [-0.05, 0) is 42.5 Å². The third kappa shape index (κ3) is 2.51. The van der Waals surface area contributed by atoms with Gasteiger partial charge in [-0.3, -0.25) is 0 Å². The van der Waals surface area contributed by atoms with Crippen LogP contribution in [-0.2, 0) is 6.42 Å². The lowest BCUT2D eigenvalue weighted by atomic mass is 9.78. The van der Waals surface area contributed by atoms with E-state index in [1.807, 2.05) is 0 Å². The van der Waals surface area contributed by atoms with Crippen molar-refractivity contribution in [2.45, 2.75) is 32.2 Å². The SMILES string of the molecule is CC=C1C[N+]2(C)CCc3c([nH]c4cccc(OC)c34)C2CC1CCO. The van der Waals surface area contributed by atoms with Crippen molar-refractivity contribution in [3.63, 3.8) is 0 Å². The number of aliphatic hydroxyl groups is 1. The smallest absolute Gasteiger partial charge is 0.131 e. The van der Waals surface area contributed by atoms with E-state index in [-0.39, 0.29) is 6.61 Å². The zero-order chi connectivity index (χ0) is 17.6. The maximum atomic E-state index is 9.51. The standard InChI is InChI=1S/C21H29N2O2/c1-4-14-13-23(2)10-8-16-20-17(6-5-7-19(20)25-3)22-21(16)18(23)12-15(14)9-11-24/h4-7,15,18,22,24H,8-13H2,1-3H3/q+1. The minimum Gasteiger partial charge on any atom is -0.496 e. The predicted molar refractivity (Wildman–Crippen MR) is 101 cm³/mol. The highest BCUT2D eigenvalue weighted by molar-refractivity contribution is 5.90. The predicted octanol–water partition coefficient (Wildman–Crippen LogP) is 3.57. The topological polar surface area (TPSA) is 45.2 Å². The molecule has 2 aliphatic heterocycles. The number of H-pyrrole nitrogens is 1. The molecular weight excluding hydrogens is 312 g/mol. The number of likely N-dealkylation sites (N-methyl/N-ethyl adjacent to an activating group) is 1. The Labute approximate surface area is 149 Å². The summed E-state index contributed by atoms with van der Waals surface area (Å²) in [5.41, 5.74) is 5.55. The molecule has 0 amide bonds. The molecule has 1 aromatic carbocycles. The van der Waals surface area contributed by atoms with Crippen molar-refractivity contribution in [1.82, 2.24) is 4.98 Å². The average Bonchev–Trinajstić information content (AvgIpc) is 3.00. The summed E-state index contributed by atoms with van der Waals surface area (Å²) in [7, 11) is 4.16. The number of nitrogens with zero attached hydrogens (tertiary/aromatic N) is 1. The second-order valence-corrected chi connectivity index (χ2v) is 7.84. The van der Waals surface area contributed by atoms with Crippen molar-refractivity contribution in [2.75, 3.05) is 33.9 Å². The molecule has 2 N–H and O–H groups in total. The van der Waals surface area contributed by atoms with Crippen molar-refractivity contribution >= 4 is 10.9 Å². The monoisotopic (exact) mass is 341 g/mol. The zero-order valence-electron chi connectivity index (χ0n) is 15.5. The van der Waals surface area contributed by atoms with Crippen LogP contribution in [-0.4, -0.2) is 48.4 Å². The molecule has 3 unspecified atom stereocenters. The number of nitrogens with one attached hydrogen (secondary N) is 1. The third-order valence-corrected chi connectivity index (χ3v) is 6.52. The lowest BCUT2D eigenvalue weighted by molar-refractivity contribution is -0.942. The highest BCUT2D eigenvalue weighted by atomic mass is 16.5. The number of aromatic amines is 1. The third-order valence-electron chi connectivity index (χ3n) is 6.52. The number of hydrogen-bond acceptors (Lipinski definition) is 2. The summed E-state index contributed by atoms with van der Waals surface area (Å²) in [6, 6.07) is 6.75. The number of rotatable bonds is 3. The van der Waals surface area contributed by atoms with Gasteiger partial charge >= 0.3 is 0 Å². The second kappa shape index (κ2) is 6.19. The first-order chi connectivity index (χ1) is 12.1. The van der Waals surface area contributed by atoms with Crippen LogP contribution in [0.2, 0.25) is 0 Å². The van der Waals surface area contributed by atoms with Crippen LogP contribution in [0.15, 0.2) is 29.8 Å². The lowest BCUT2D eigenvalue weighted by Gasteiger charge is -2.50. The number of fused-ring (bicyclic) bond motifs is 5. The normalized spacial score (nSPS) is 30.3. The summed E-state index contributed by atoms with van der Waals surface area (Å²) < 4.78 is 6.71. The van der Waals surface area contributed by atoms with Crippen LogP contribution < -0.4 is 4.74 Å². The molecule has 1 saturated heterocycles. The van der Waals surface area contributed by atoms with E-state index in [0.717, 1.165) is 42.6 Å². The van der Waals surface area contributed by atoms with Gasteiger partial charge in [0.2, 0.25) is 0 Å². The molecular formula is C21H29N2O2+. The fourth-order valence-electron chi connectivity index (χ4n) is 5.17. The Bertz CT molecular complexity index is 823. The molecule has 3 heterocycles.